The number of nitrogens with one attached hydrogen (secondary N) is 1. The number of thioether (sulfide) groups is 1. The molecule has 0 aliphatic heterocycles. The summed E-state index contributed by atoms with van der Waals surface area (Å²) in [6.07, 6.45) is 3.68. The summed E-state index contributed by atoms with van der Waals surface area (Å²) < 4.78 is 0. The van der Waals surface area contributed by atoms with Gasteiger partial charge in [0.05, 0.1) is 5.56 Å². The minimum absolute atomic E-state index is 0.0601. The van der Waals surface area contributed by atoms with Gasteiger partial charge in [0.25, 0.3) is 0 Å². The van der Waals surface area contributed by atoms with Gasteiger partial charge in [0.2, 0.25) is 0 Å². The van der Waals surface area contributed by atoms with Gasteiger partial charge in [-0.15, -0.1) is 0 Å². The van der Waals surface area contributed by atoms with E-state index in [1.165, 1.54) is 11.8 Å². The average molecular weight is 308 g/mol. The van der Waals surface area contributed by atoms with Gasteiger partial charge in [0, 0.05) is 24.7 Å². The average Bonchev–Trinajstić information content (AvgIpc) is 2.48. The summed E-state index contributed by atoms with van der Waals surface area (Å²) in [5.74, 6) is 0.483. The maximum absolute atomic E-state index is 12.4. The van der Waals surface area contributed by atoms with Crippen LogP contribution in [0.25, 0.3) is 0 Å². The van der Waals surface area contributed by atoms with Crippen molar-refractivity contribution in [3.63, 3.8) is 0 Å². The molecule has 0 aliphatic carbocycles. The molecule has 1 aromatic heterocycles. The highest BCUT2D eigenvalue weighted by Gasteiger charge is 2.15. The second kappa shape index (κ2) is 6.72. The molecule has 0 fully saturated rings. The van der Waals surface area contributed by atoms with Crippen LogP contribution in [0.3, 0.4) is 0 Å². The number of Topliss-reactive ketones (excluding diaryl/α,β-unsaturated/α-hetero) is 1. The van der Waals surface area contributed by atoms with Crippen molar-refractivity contribution >= 4 is 35.0 Å². The zero-order valence-corrected chi connectivity index (χ0v) is 12.8. The Labute approximate surface area is 127 Å². The maximum Gasteiger partial charge on any atom is 0.189 e. The lowest BCUT2D eigenvalue weighted by Gasteiger charge is -2.08. The molecule has 2 aromatic rings. The lowest BCUT2D eigenvalue weighted by Crippen LogP contribution is -2.10. The zero-order chi connectivity index (χ0) is 14.5. The molecule has 0 radical (unpaired) electrons. The molecule has 0 saturated heterocycles. The molecule has 0 atom stereocenters. The van der Waals surface area contributed by atoms with Gasteiger partial charge in [-0.3, -0.25) is 4.79 Å². The van der Waals surface area contributed by atoms with Crippen LogP contribution in [0, 0.1) is 0 Å². The molecule has 0 bridgehead atoms. The van der Waals surface area contributed by atoms with Gasteiger partial charge in [0.15, 0.2) is 10.9 Å². The number of hydrogen-bond donors (Lipinski definition) is 1. The summed E-state index contributed by atoms with van der Waals surface area (Å²) in [5.41, 5.74) is 1.28. The summed E-state index contributed by atoms with van der Waals surface area (Å²) in [7, 11) is 1.73. The van der Waals surface area contributed by atoms with Gasteiger partial charge in [-0.25, -0.2) is 9.97 Å². The minimum atomic E-state index is -0.0601. The van der Waals surface area contributed by atoms with Crippen LogP contribution in [-0.2, 0) is 6.42 Å². The lowest BCUT2D eigenvalue weighted by atomic mass is 10.0. The van der Waals surface area contributed by atoms with Crippen molar-refractivity contribution < 1.29 is 4.79 Å². The molecule has 1 N–H and O–H groups in total. The van der Waals surface area contributed by atoms with E-state index in [0.29, 0.717) is 21.6 Å². The second-order valence-electron chi connectivity index (χ2n) is 4.06. The Kier molecular flexibility index (Phi) is 4.98. The van der Waals surface area contributed by atoms with Gasteiger partial charge in [-0.05, 0) is 17.9 Å². The van der Waals surface area contributed by atoms with Crippen molar-refractivity contribution in [3.05, 3.63) is 46.6 Å². The molecule has 0 amide bonds. The molecule has 6 heteroatoms. The van der Waals surface area contributed by atoms with Gasteiger partial charge in [-0.2, -0.15) is 0 Å². The van der Waals surface area contributed by atoms with Gasteiger partial charge < -0.3 is 5.32 Å². The molecule has 0 aliphatic rings. The van der Waals surface area contributed by atoms with Crippen molar-refractivity contribution in [2.45, 2.75) is 11.6 Å². The maximum atomic E-state index is 12.4. The third-order valence-electron chi connectivity index (χ3n) is 2.80. The Hall–Kier alpha value is -1.59. The van der Waals surface area contributed by atoms with Crippen LogP contribution in [-0.4, -0.2) is 29.1 Å². The van der Waals surface area contributed by atoms with E-state index in [9.17, 15) is 4.79 Å². The molecule has 0 saturated carbocycles. The third kappa shape index (κ3) is 3.29. The molecule has 2 rings (SSSR count). The molecule has 0 spiro atoms. The van der Waals surface area contributed by atoms with E-state index >= 15 is 0 Å². The Morgan fingerprint density at radius 2 is 2.15 bits per heavy atom. The summed E-state index contributed by atoms with van der Waals surface area (Å²) in [4.78, 5) is 20.8. The Bertz CT molecular complexity index is 634. The molecule has 20 heavy (non-hydrogen) atoms. The predicted molar refractivity (Wildman–Crippen MR) is 82.8 cm³/mol. The van der Waals surface area contributed by atoms with Crippen LogP contribution in [0.15, 0.2) is 35.6 Å². The number of anilines is 1. The van der Waals surface area contributed by atoms with E-state index in [-0.39, 0.29) is 12.2 Å². The van der Waals surface area contributed by atoms with Crippen molar-refractivity contribution in [2.75, 3.05) is 18.6 Å². The molecule has 104 valence electrons. The van der Waals surface area contributed by atoms with Crippen molar-refractivity contribution in [1.82, 2.24) is 9.97 Å². The van der Waals surface area contributed by atoms with Crippen molar-refractivity contribution in [3.8, 4) is 0 Å². The second-order valence-corrected chi connectivity index (χ2v) is 5.24. The molecule has 4 nitrogen and oxygen atoms in total. The fraction of sp³-hybridized carbons (Fsp3) is 0.214. The van der Waals surface area contributed by atoms with Crippen LogP contribution in [0.5, 0.6) is 0 Å². The van der Waals surface area contributed by atoms with Crippen LogP contribution in [0.4, 0.5) is 5.82 Å². The first-order chi connectivity index (χ1) is 9.65. The number of benzene rings is 1. The number of halogens is 1. The first kappa shape index (κ1) is 14.8. The van der Waals surface area contributed by atoms with Crippen LogP contribution >= 0.6 is 23.4 Å². The topological polar surface area (TPSA) is 54.9 Å². The molecular formula is C14H14ClN3OS. The largest absolute Gasteiger partial charge is 0.372 e. The van der Waals surface area contributed by atoms with Gasteiger partial charge >= 0.3 is 0 Å². The van der Waals surface area contributed by atoms with Crippen molar-refractivity contribution in [1.29, 1.82) is 0 Å². The lowest BCUT2D eigenvalue weighted by molar-refractivity contribution is 0.0993. The first-order valence-electron chi connectivity index (χ1n) is 6.01. The zero-order valence-electron chi connectivity index (χ0n) is 11.2. The molecule has 0 unspecified atom stereocenters. The molecule has 1 heterocycles. The van der Waals surface area contributed by atoms with E-state index in [0.717, 1.165) is 5.56 Å². The Morgan fingerprint density at radius 1 is 1.40 bits per heavy atom. The monoisotopic (exact) mass is 307 g/mol. The van der Waals surface area contributed by atoms with Crippen LogP contribution in [0.2, 0.25) is 5.02 Å². The molecular weight excluding hydrogens is 294 g/mol. The molecule has 1 aromatic carbocycles. The smallest absolute Gasteiger partial charge is 0.189 e. The van der Waals surface area contributed by atoms with E-state index in [4.69, 9.17) is 11.6 Å². The number of aromatic nitrogens is 2. The van der Waals surface area contributed by atoms with E-state index in [2.05, 4.69) is 15.3 Å². The quantitative estimate of drug-likeness (QED) is 0.522. The van der Waals surface area contributed by atoms with Gasteiger partial charge in [-0.1, -0.05) is 41.6 Å². The number of rotatable bonds is 5. The first-order valence-corrected chi connectivity index (χ1v) is 7.61. The van der Waals surface area contributed by atoms with Crippen molar-refractivity contribution in [2.24, 2.45) is 0 Å². The summed E-state index contributed by atoms with van der Waals surface area (Å²) in [6.45, 7) is 0. The third-order valence-corrected chi connectivity index (χ3v) is 3.73. The van der Waals surface area contributed by atoms with E-state index in [1.807, 2.05) is 24.5 Å². The fourth-order valence-corrected chi connectivity index (χ4v) is 2.31. The fourth-order valence-electron chi connectivity index (χ4n) is 1.77. The number of ketones is 1. The normalized spacial score (nSPS) is 10.3. The highest BCUT2D eigenvalue weighted by atomic mass is 35.5. The summed E-state index contributed by atoms with van der Waals surface area (Å²) >= 11 is 7.51. The number of nitrogens with zero attached hydrogens (tertiary/aromatic N) is 2. The Balaban J connectivity index is 2.27. The number of hydrogen-bond acceptors (Lipinski definition) is 5. The summed E-state index contributed by atoms with van der Waals surface area (Å²) in [5, 5.41) is 4.15. The summed E-state index contributed by atoms with van der Waals surface area (Å²) in [6, 6.07) is 7.32. The Morgan fingerprint density at radius 3 is 2.80 bits per heavy atom. The predicted octanol–water partition coefficient (Wildman–Crippen LogP) is 3.32. The number of carbonyl (C=O) groups is 1. The highest BCUT2D eigenvalue weighted by molar-refractivity contribution is 7.98. The van der Waals surface area contributed by atoms with E-state index in [1.54, 1.807) is 19.3 Å². The van der Waals surface area contributed by atoms with Crippen LogP contribution < -0.4 is 5.32 Å². The SMILES string of the molecule is CNc1nc(SC)ncc1C(=O)Cc1ccccc1Cl. The van der Waals surface area contributed by atoms with Crippen LogP contribution in [0.1, 0.15) is 15.9 Å². The number of carbonyl (C=O) groups excluding carboxylic acids is 1. The minimum Gasteiger partial charge on any atom is -0.372 e. The van der Waals surface area contributed by atoms with E-state index < -0.39 is 0 Å². The van der Waals surface area contributed by atoms with Gasteiger partial charge in [0.1, 0.15) is 5.82 Å². The standard InChI is InChI=1S/C14H14ClN3OS/c1-16-13-10(8-17-14(18-13)20-2)12(19)7-9-5-3-4-6-11(9)15/h3-6,8H,7H2,1-2H3,(H,16,17,18). The highest BCUT2D eigenvalue weighted by Crippen LogP contribution is 2.21.